The summed E-state index contributed by atoms with van der Waals surface area (Å²) in [7, 11) is 1.68. The van der Waals surface area contributed by atoms with Gasteiger partial charge in [0.05, 0.1) is 25.5 Å². The average molecular weight is 277 g/mol. The summed E-state index contributed by atoms with van der Waals surface area (Å²) in [5, 5.41) is 3.50. The predicted octanol–water partition coefficient (Wildman–Crippen LogP) is 0.967. The lowest BCUT2D eigenvalue weighted by atomic mass is 10.1. The smallest absolute Gasteiger partial charge is 0.132 e. The molecule has 0 radical (unpaired) electrons. The molecule has 1 N–H and O–H groups in total. The van der Waals surface area contributed by atoms with Crippen LogP contribution >= 0.6 is 0 Å². The third kappa shape index (κ3) is 2.66. The number of anilines is 1. The molecule has 0 spiro atoms. The Morgan fingerprint density at radius 1 is 1.35 bits per heavy atom. The van der Waals surface area contributed by atoms with E-state index < -0.39 is 0 Å². The maximum absolute atomic E-state index is 5.56. The summed E-state index contributed by atoms with van der Waals surface area (Å²) in [6, 6.07) is 5.36. The highest BCUT2D eigenvalue weighted by molar-refractivity contribution is 5.56. The molecule has 0 amide bonds. The fourth-order valence-corrected chi connectivity index (χ4v) is 3.12. The standard InChI is InChI=1S/C15H23N3O2/c1-11-8-16-9-14-7-12-3-4-13(10-20-6-5-19-2)17-15(12)18(11)14/h3-4,11,14,16H,5-10H2,1-2H3/t11-,14-/m1/s1. The molecule has 3 heterocycles. The number of piperazine rings is 1. The minimum Gasteiger partial charge on any atom is -0.382 e. The number of aromatic nitrogens is 1. The second kappa shape index (κ2) is 6.08. The molecular formula is C15H23N3O2. The van der Waals surface area contributed by atoms with Crippen molar-refractivity contribution in [1.82, 2.24) is 10.3 Å². The van der Waals surface area contributed by atoms with Crippen LogP contribution in [0.5, 0.6) is 0 Å². The van der Waals surface area contributed by atoms with Gasteiger partial charge in [0.15, 0.2) is 0 Å². The van der Waals surface area contributed by atoms with Crippen LogP contribution in [-0.4, -0.2) is 50.5 Å². The largest absolute Gasteiger partial charge is 0.382 e. The molecule has 0 aliphatic carbocycles. The van der Waals surface area contributed by atoms with Crippen LogP contribution in [-0.2, 0) is 22.5 Å². The fraction of sp³-hybridized carbons (Fsp3) is 0.667. The first kappa shape index (κ1) is 13.8. The van der Waals surface area contributed by atoms with Gasteiger partial charge in [-0.15, -0.1) is 0 Å². The minimum atomic E-state index is 0.507. The molecule has 2 aliphatic rings. The van der Waals surface area contributed by atoms with Crippen LogP contribution in [0.2, 0.25) is 0 Å². The summed E-state index contributed by atoms with van der Waals surface area (Å²) in [6.07, 6.45) is 1.10. The topological polar surface area (TPSA) is 46.6 Å². The number of rotatable bonds is 5. The summed E-state index contributed by atoms with van der Waals surface area (Å²) < 4.78 is 10.5. The number of hydrogen-bond acceptors (Lipinski definition) is 5. The van der Waals surface area contributed by atoms with Crippen LogP contribution in [0.25, 0.3) is 0 Å². The Hall–Kier alpha value is -1.17. The van der Waals surface area contributed by atoms with E-state index in [1.54, 1.807) is 7.11 Å². The summed E-state index contributed by atoms with van der Waals surface area (Å²) in [6.45, 7) is 6.15. The molecule has 1 aromatic heterocycles. The lowest BCUT2D eigenvalue weighted by Crippen LogP contribution is -2.55. The van der Waals surface area contributed by atoms with Crippen molar-refractivity contribution in [2.75, 3.05) is 38.3 Å². The van der Waals surface area contributed by atoms with Crippen molar-refractivity contribution in [3.8, 4) is 0 Å². The van der Waals surface area contributed by atoms with Crippen LogP contribution in [0.1, 0.15) is 18.2 Å². The molecule has 20 heavy (non-hydrogen) atoms. The second-order valence-electron chi connectivity index (χ2n) is 5.60. The van der Waals surface area contributed by atoms with Gasteiger partial charge < -0.3 is 19.7 Å². The third-order valence-corrected chi connectivity index (χ3v) is 4.08. The highest BCUT2D eigenvalue weighted by Gasteiger charge is 2.36. The second-order valence-corrected chi connectivity index (χ2v) is 5.60. The number of ether oxygens (including phenoxy) is 2. The van der Waals surface area contributed by atoms with E-state index >= 15 is 0 Å². The van der Waals surface area contributed by atoms with Crippen LogP contribution in [0.15, 0.2) is 12.1 Å². The van der Waals surface area contributed by atoms with Gasteiger partial charge in [0, 0.05) is 32.3 Å². The van der Waals surface area contributed by atoms with Gasteiger partial charge in [0.2, 0.25) is 0 Å². The van der Waals surface area contributed by atoms with Crippen molar-refractivity contribution in [3.05, 3.63) is 23.4 Å². The maximum Gasteiger partial charge on any atom is 0.132 e. The van der Waals surface area contributed by atoms with Crippen molar-refractivity contribution >= 4 is 5.82 Å². The summed E-state index contributed by atoms with van der Waals surface area (Å²) >= 11 is 0. The van der Waals surface area contributed by atoms with Crippen LogP contribution < -0.4 is 10.2 Å². The van der Waals surface area contributed by atoms with E-state index in [2.05, 4.69) is 29.3 Å². The van der Waals surface area contributed by atoms with Gasteiger partial charge >= 0.3 is 0 Å². The van der Waals surface area contributed by atoms with E-state index in [4.69, 9.17) is 14.5 Å². The van der Waals surface area contributed by atoms with Crippen molar-refractivity contribution in [3.63, 3.8) is 0 Å². The number of methoxy groups -OCH3 is 1. The molecule has 0 bridgehead atoms. The highest BCUT2D eigenvalue weighted by atomic mass is 16.5. The Balaban J connectivity index is 1.71. The predicted molar refractivity (Wildman–Crippen MR) is 78.1 cm³/mol. The van der Waals surface area contributed by atoms with E-state index in [1.165, 1.54) is 5.56 Å². The third-order valence-electron chi connectivity index (χ3n) is 4.08. The molecule has 110 valence electrons. The van der Waals surface area contributed by atoms with Crippen molar-refractivity contribution in [2.24, 2.45) is 0 Å². The molecule has 1 aromatic rings. The zero-order chi connectivity index (χ0) is 13.9. The number of nitrogens with one attached hydrogen (secondary N) is 1. The van der Waals surface area contributed by atoms with Gasteiger partial charge in [0.25, 0.3) is 0 Å². The van der Waals surface area contributed by atoms with Crippen molar-refractivity contribution in [1.29, 1.82) is 0 Å². The van der Waals surface area contributed by atoms with Gasteiger partial charge in [-0.2, -0.15) is 0 Å². The monoisotopic (exact) mass is 277 g/mol. The van der Waals surface area contributed by atoms with E-state index in [9.17, 15) is 0 Å². The lowest BCUT2D eigenvalue weighted by molar-refractivity contribution is 0.0602. The zero-order valence-corrected chi connectivity index (χ0v) is 12.3. The van der Waals surface area contributed by atoms with Gasteiger partial charge in [-0.3, -0.25) is 0 Å². The molecule has 5 nitrogen and oxygen atoms in total. The maximum atomic E-state index is 5.56. The first-order valence-corrected chi connectivity index (χ1v) is 7.34. The van der Waals surface area contributed by atoms with Crippen molar-refractivity contribution < 1.29 is 9.47 Å². The van der Waals surface area contributed by atoms with Gasteiger partial charge in [-0.05, 0) is 25.0 Å². The Bertz CT molecular complexity index is 466. The molecule has 5 heteroatoms. The van der Waals surface area contributed by atoms with E-state index in [-0.39, 0.29) is 0 Å². The van der Waals surface area contributed by atoms with Crippen LogP contribution in [0.4, 0.5) is 5.82 Å². The number of pyridine rings is 1. The molecular weight excluding hydrogens is 254 g/mol. The van der Waals surface area contributed by atoms with Crippen LogP contribution in [0, 0.1) is 0 Å². The number of nitrogens with zero attached hydrogens (tertiary/aromatic N) is 2. The molecule has 0 aromatic carbocycles. The first-order valence-electron chi connectivity index (χ1n) is 7.34. The molecule has 1 saturated heterocycles. The van der Waals surface area contributed by atoms with Crippen LogP contribution in [0.3, 0.4) is 0 Å². The zero-order valence-electron chi connectivity index (χ0n) is 12.3. The number of hydrogen-bond donors (Lipinski definition) is 1. The summed E-state index contributed by atoms with van der Waals surface area (Å²) in [5.41, 5.74) is 2.37. The Morgan fingerprint density at radius 2 is 2.25 bits per heavy atom. The molecule has 1 fully saturated rings. The fourth-order valence-electron chi connectivity index (χ4n) is 3.12. The Kier molecular flexibility index (Phi) is 4.19. The SMILES string of the molecule is COCCOCc1ccc2c(n1)N1[C@@H](CNC[C@H]1C)C2. The Labute approximate surface area is 120 Å². The summed E-state index contributed by atoms with van der Waals surface area (Å²) in [4.78, 5) is 7.29. The minimum absolute atomic E-state index is 0.507. The quantitative estimate of drug-likeness (QED) is 0.813. The number of fused-ring (bicyclic) bond motifs is 3. The highest BCUT2D eigenvalue weighted by Crippen LogP contribution is 2.33. The molecule has 2 aliphatic heterocycles. The van der Waals surface area contributed by atoms with Gasteiger partial charge in [0.1, 0.15) is 5.82 Å². The Morgan fingerprint density at radius 3 is 3.10 bits per heavy atom. The molecule has 0 unspecified atom stereocenters. The molecule has 0 saturated carbocycles. The first-order chi connectivity index (χ1) is 9.79. The van der Waals surface area contributed by atoms with E-state index in [1.807, 2.05) is 0 Å². The summed E-state index contributed by atoms with van der Waals surface area (Å²) in [5.74, 6) is 1.16. The van der Waals surface area contributed by atoms with E-state index in [0.717, 1.165) is 31.0 Å². The van der Waals surface area contributed by atoms with E-state index in [0.29, 0.717) is 31.9 Å². The van der Waals surface area contributed by atoms with Gasteiger partial charge in [-0.1, -0.05) is 6.07 Å². The van der Waals surface area contributed by atoms with Crippen molar-refractivity contribution in [2.45, 2.75) is 32.0 Å². The normalized spacial score (nSPS) is 24.6. The molecule has 3 rings (SSSR count). The van der Waals surface area contributed by atoms with Gasteiger partial charge in [-0.25, -0.2) is 4.98 Å². The lowest BCUT2D eigenvalue weighted by Gasteiger charge is -2.37. The average Bonchev–Trinajstić information content (AvgIpc) is 2.82. The molecule has 2 atom stereocenters.